The molecule has 2 amide bonds. The largest absolute Gasteiger partial charge is 0.480 e. The smallest absolute Gasteiger partial charge is 0.412 e. The van der Waals surface area contributed by atoms with Crippen molar-refractivity contribution in [3.05, 3.63) is 71.4 Å². The maximum Gasteiger partial charge on any atom is 0.412 e. The standard InChI is InChI=1S/C24H24N4O6/c1-13(33-2)21(23(30)31)26-22(29)19-11-20(28-27-19)25-24(32)34-12-18-16-9-5-3-7-14(16)15-8-4-6-10-17(15)18/h3-11,13,18,21H,12H2,1-2H3,(H,26,29)(H,30,31)(H2,25,27,28,32). The Hall–Kier alpha value is -4.18. The average Bonchev–Trinajstić information content (AvgIpc) is 3.43. The van der Waals surface area contributed by atoms with Crippen LogP contribution in [0.2, 0.25) is 0 Å². The normalized spacial score (nSPS) is 13.9. The van der Waals surface area contributed by atoms with Gasteiger partial charge < -0.3 is 19.9 Å². The maximum absolute atomic E-state index is 12.4. The molecule has 10 heteroatoms. The lowest BCUT2D eigenvalue weighted by molar-refractivity contribution is -0.142. The molecule has 34 heavy (non-hydrogen) atoms. The molecule has 176 valence electrons. The Balaban J connectivity index is 1.37. The van der Waals surface area contributed by atoms with Crippen molar-refractivity contribution in [1.82, 2.24) is 15.5 Å². The predicted octanol–water partition coefficient (Wildman–Crippen LogP) is 2.99. The average molecular weight is 464 g/mol. The fourth-order valence-electron chi connectivity index (χ4n) is 3.98. The summed E-state index contributed by atoms with van der Waals surface area (Å²) < 4.78 is 10.4. The third kappa shape index (κ3) is 4.62. The van der Waals surface area contributed by atoms with Crippen LogP contribution in [0, 0.1) is 0 Å². The van der Waals surface area contributed by atoms with E-state index in [9.17, 15) is 19.5 Å². The van der Waals surface area contributed by atoms with Crippen molar-refractivity contribution >= 4 is 23.8 Å². The summed E-state index contributed by atoms with van der Waals surface area (Å²) in [6.45, 7) is 1.66. The van der Waals surface area contributed by atoms with Crippen LogP contribution in [0.1, 0.15) is 34.5 Å². The van der Waals surface area contributed by atoms with E-state index in [-0.39, 0.29) is 24.0 Å². The second kappa shape index (κ2) is 9.75. The number of nitrogens with zero attached hydrogens (tertiary/aromatic N) is 1. The van der Waals surface area contributed by atoms with Crippen LogP contribution in [0.25, 0.3) is 11.1 Å². The van der Waals surface area contributed by atoms with E-state index >= 15 is 0 Å². The monoisotopic (exact) mass is 464 g/mol. The van der Waals surface area contributed by atoms with Crippen LogP contribution in [-0.2, 0) is 14.3 Å². The maximum atomic E-state index is 12.4. The topological polar surface area (TPSA) is 143 Å². The first-order chi connectivity index (χ1) is 16.4. The van der Waals surface area contributed by atoms with Gasteiger partial charge in [-0.2, -0.15) is 5.10 Å². The van der Waals surface area contributed by atoms with Crippen LogP contribution in [0.4, 0.5) is 10.6 Å². The number of rotatable bonds is 8. The highest BCUT2D eigenvalue weighted by atomic mass is 16.5. The number of carboxylic acids is 1. The first kappa shape index (κ1) is 23.0. The summed E-state index contributed by atoms with van der Waals surface area (Å²) in [5.74, 6) is -1.97. The SMILES string of the molecule is COC(C)C(NC(=O)c1cc(NC(=O)OCC2c3ccccc3-c3ccccc32)n[nH]1)C(=O)O. The Bertz CT molecular complexity index is 1180. The molecule has 0 saturated heterocycles. The Labute approximate surface area is 195 Å². The van der Waals surface area contributed by atoms with E-state index in [1.54, 1.807) is 0 Å². The van der Waals surface area contributed by atoms with Crippen molar-refractivity contribution < 1.29 is 29.0 Å². The summed E-state index contributed by atoms with van der Waals surface area (Å²) in [5, 5.41) is 20.4. The van der Waals surface area contributed by atoms with Crippen molar-refractivity contribution in [3.8, 4) is 11.1 Å². The van der Waals surface area contributed by atoms with Crippen LogP contribution >= 0.6 is 0 Å². The van der Waals surface area contributed by atoms with E-state index in [0.29, 0.717) is 0 Å². The van der Waals surface area contributed by atoms with Gasteiger partial charge in [-0.25, -0.2) is 9.59 Å². The van der Waals surface area contributed by atoms with Gasteiger partial charge in [0, 0.05) is 19.1 Å². The highest BCUT2D eigenvalue weighted by Crippen LogP contribution is 2.44. The van der Waals surface area contributed by atoms with Gasteiger partial charge >= 0.3 is 12.1 Å². The third-order valence-electron chi connectivity index (χ3n) is 5.79. The highest BCUT2D eigenvalue weighted by Gasteiger charge is 2.30. The number of aromatic amines is 1. The number of amides is 2. The van der Waals surface area contributed by atoms with E-state index in [2.05, 4.69) is 20.8 Å². The number of carbonyl (C=O) groups is 3. The molecule has 4 N–H and O–H groups in total. The second-order valence-corrected chi connectivity index (χ2v) is 7.85. The molecule has 10 nitrogen and oxygen atoms in total. The zero-order chi connectivity index (χ0) is 24.2. The number of aromatic nitrogens is 2. The lowest BCUT2D eigenvalue weighted by Crippen LogP contribution is -2.48. The molecule has 0 radical (unpaired) electrons. The Morgan fingerprint density at radius 2 is 1.71 bits per heavy atom. The fourth-order valence-corrected chi connectivity index (χ4v) is 3.98. The van der Waals surface area contributed by atoms with Crippen LogP contribution in [0.3, 0.4) is 0 Å². The summed E-state index contributed by atoms with van der Waals surface area (Å²) in [4.78, 5) is 36.1. The molecule has 0 saturated carbocycles. The molecule has 2 unspecified atom stereocenters. The molecule has 1 aromatic heterocycles. The summed E-state index contributed by atoms with van der Waals surface area (Å²) in [6.07, 6.45) is -1.47. The second-order valence-electron chi connectivity index (χ2n) is 7.85. The molecule has 2 aromatic carbocycles. The van der Waals surface area contributed by atoms with Gasteiger partial charge in [-0.05, 0) is 29.2 Å². The first-order valence-electron chi connectivity index (χ1n) is 10.6. The van der Waals surface area contributed by atoms with Crippen LogP contribution in [0.15, 0.2) is 54.6 Å². The van der Waals surface area contributed by atoms with Crippen LogP contribution in [0.5, 0.6) is 0 Å². The number of carbonyl (C=O) groups excluding carboxylic acids is 2. The quantitative estimate of drug-likeness (QED) is 0.401. The summed E-state index contributed by atoms with van der Waals surface area (Å²) in [7, 11) is 1.35. The van der Waals surface area contributed by atoms with Gasteiger partial charge in [-0.1, -0.05) is 48.5 Å². The first-order valence-corrected chi connectivity index (χ1v) is 10.6. The molecule has 0 fully saturated rings. The zero-order valence-electron chi connectivity index (χ0n) is 18.6. The summed E-state index contributed by atoms with van der Waals surface area (Å²) in [5.41, 5.74) is 4.40. The number of H-pyrrole nitrogens is 1. The number of hydrogen-bond acceptors (Lipinski definition) is 6. The predicted molar refractivity (Wildman–Crippen MR) is 123 cm³/mol. The number of nitrogens with one attached hydrogen (secondary N) is 3. The number of aliphatic carboxylic acids is 1. The van der Waals surface area contributed by atoms with Crippen molar-refractivity contribution in [1.29, 1.82) is 0 Å². The number of benzene rings is 2. The number of methoxy groups -OCH3 is 1. The van der Waals surface area contributed by atoms with Gasteiger partial charge in [0.05, 0.1) is 6.10 Å². The van der Waals surface area contributed by atoms with Gasteiger partial charge in [-0.15, -0.1) is 0 Å². The van der Waals surface area contributed by atoms with E-state index in [0.717, 1.165) is 22.3 Å². The lowest BCUT2D eigenvalue weighted by Gasteiger charge is -2.19. The molecule has 0 spiro atoms. The number of fused-ring (bicyclic) bond motifs is 3. The van der Waals surface area contributed by atoms with Crippen LogP contribution in [-0.4, -0.2) is 59.1 Å². The van der Waals surface area contributed by atoms with Crippen molar-refractivity contribution in [2.45, 2.75) is 25.0 Å². The minimum atomic E-state index is -1.25. The lowest BCUT2D eigenvalue weighted by atomic mass is 9.98. The van der Waals surface area contributed by atoms with Gasteiger partial charge in [0.1, 0.15) is 12.3 Å². The van der Waals surface area contributed by atoms with Gasteiger partial charge in [0.2, 0.25) is 0 Å². The highest BCUT2D eigenvalue weighted by molar-refractivity contribution is 5.96. The molecule has 3 aromatic rings. The number of hydrogen-bond donors (Lipinski definition) is 4. The summed E-state index contributed by atoms with van der Waals surface area (Å²) in [6, 6.07) is 16.0. The molecule has 4 rings (SSSR count). The summed E-state index contributed by atoms with van der Waals surface area (Å²) >= 11 is 0. The molecule has 2 atom stereocenters. The van der Waals surface area contributed by atoms with Crippen molar-refractivity contribution in [2.24, 2.45) is 0 Å². The fraction of sp³-hybridized carbons (Fsp3) is 0.250. The zero-order valence-corrected chi connectivity index (χ0v) is 18.6. The number of anilines is 1. The van der Waals surface area contributed by atoms with Gasteiger partial charge in [0.25, 0.3) is 5.91 Å². The van der Waals surface area contributed by atoms with E-state index in [4.69, 9.17) is 9.47 Å². The Morgan fingerprint density at radius 1 is 1.09 bits per heavy atom. The molecule has 1 heterocycles. The Morgan fingerprint density at radius 3 is 2.29 bits per heavy atom. The van der Waals surface area contributed by atoms with E-state index < -0.39 is 30.1 Å². The third-order valence-corrected chi connectivity index (χ3v) is 5.79. The molecule has 0 aliphatic heterocycles. The van der Waals surface area contributed by atoms with Gasteiger partial charge in [-0.3, -0.25) is 15.2 Å². The van der Waals surface area contributed by atoms with Crippen molar-refractivity contribution in [3.63, 3.8) is 0 Å². The van der Waals surface area contributed by atoms with Crippen LogP contribution < -0.4 is 10.6 Å². The van der Waals surface area contributed by atoms with E-state index in [1.807, 2.05) is 48.5 Å². The molecular weight excluding hydrogens is 440 g/mol. The van der Waals surface area contributed by atoms with E-state index in [1.165, 1.54) is 20.1 Å². The van der Waals surface area contributed by atoms with Crippen molar-refractivity contribution in [2.75, 3.05) is 19.0 Å². The minimum Gasteiger partial charge on any atom is -0.480 e. The molecule has 1 aliphatic carbocycles. The minimum absolute atomic E-state index is 0.0245. The number of carboxylic acid groups (broad SMARTS) is 1. The molecule has 1 aliphatic rings. The number of ether oxygens (including phenoxy) is 2. The van der Waals surface area contributed by atoms with Gasteiger partial charge in [0.15, 0.2) is 11.9 Å². The Kier molecular flexibility index (Phi) is 6.60. The molecular formula is C24H24N4O6. The molecule has 0 bridgehead atoms.